The third kappa shape index (κ3) is 14.2. The number of aliphatic hydroxyl groups is 2. The molecular formula is C46H59NO9. The molecule has 3 N–H and O–H groups in total. The highest BCUT2D eigenvalue weighted by Gasteiger charge is 2.49. The summed E-state index contributed by atoms with van der Waals surface area (Å²) in [5.41, 5.74) is 3.91. The Labute approximate surface area is 332 Å². The Hall–Kier alpha value is -3.97. The highest BCUT2D eigenvalue weighted by Crippen LogP contribution is 2.32. The van der Waals surface area contributed by atoms with E-state index in [1.807, 2.05) is 121 Å². The molecule has 0 bridgehead atoms. The molecule has 1 fully saturated rings. The topological polar surface area (TPSA) is 125 Å². The fourth-order valence-electron chi connectivity index (χ4n) is 6.79. The van der Waals surface area contributed by atoms with Gasteiger partial charge < -0.3 is 44.0 Å². The summed E-state index contributed by atoms with van der Waals surface area (Å²) in [5.74, 6) is -0.358. The van der Waals surface area contributed by atoms with Crippen LogP contribution in [0.1, 0.15) is 68.2 Å². The van der Waals surface area contributed by atoms with Gasteiger partial charge >= 0.3 is 0 Å². The Bertz CT molecular complexity index is 1630. The van der Waals surface area contributed by atoms with Crippen molar-refractivity contribution in [2.24, 2.45) is 0 Å². The molecule has 0 aromatic heterocycles. The van der Waals surface area contributed by atoms with Crippen LogP contribution in [-0.4, -0.2) is 78.3 Å². The minimum Gasteiger partial charge on any atom is -0.390 e. The quantitative estimate of drug-likeness (QED) is 0.0654. The van der Waals surface area contributed by atoms with Crippen LogP contribution in [0.4, 0.5) is 0 Å². The molecule has 0 saturated carbocycles. The van der Waals surface area contributed by atoms with E-state index in [0.717, 1.165) is 47.9 Å². The second-order valence-corrected chi connectivity index (χ2v) is 14.4. The Morgan fingerprint density at radius 2 is 1.12 bits per heavy atom. The first-order valence-corrected chi connectivity index (χ1v) is 19.9. The molecule has 5 rings (SSSR count). The number of nitrogens with one attached hydrogen (secondary N) is 1. The number of amides is 1. The van der Waals surface area contributed by atoms with Crippen molar-refractivity contribution >= 4 is 5.91 Å². The van der Waals surface area contributed by atoms with Crippen LogP contribution < -0.4 is 5.32 Å². The van der Waals surface area contributed by atoms with Crippen LogP contribution in [0.2, 0.25) is 0 Å². The number of aliphatic hydroxyl groups excluding tert-OH is 2. The minimum atomic E-state index is -1.27. The van der Waals surface area contributed by atoms with Gasteiger partial charge in [-0.05, 0) is 28.7 Å². The van der Waals surface area contributed by atoms with Gasteiger partial charge in [0.15, 0.2) is 6.29 Å². The highest BCUT2D eigenvalue weighted by molar-refractivity contribution is 5.73. The molecule has 8 atom stereocenters. The van der Waals surface area contributed by atoms with Crippen LogP contribution >= 0.6 is 0 Å². The van der Waals surface area contributed by atoms with E-state index in [1.165, 1.54) is 6.92 Å². The maximum atomic E-state index is 12.4. The van der Waals surface area contributed by atoms with Crippen LogP contribution in [0, 0.1) is 0 Å². The smallest absolute Gasteiger partial charge is 0.217 e. The van der Waals surface area contributed by atoms with Crippen molar-refractivity contribution < 1.29 is 43.4 Å². The number of rotatable bonds is 24. The molecule has 1 aliphatic rings. The van der Waals surface area contributed by atoms with Crippen molar-refractivity contribution in [3.8, 4) is 0 Å². The van der Waals surface area contributed by atoms with E-state index >= 15 is 0 Å². The Morgan fingerprint density at radius 3 is 1.62 bits per heavy atom. The average molecular weight is 770 g/mol. The number of benzene rings is 4. The van der Waals surface area contributed by atoms with Gasteiger partial charge in [-0.1, -0.05) is 154 Å². The molecule has 1 heterocycles. The zero-order valence-corrected chi connectivity index (χ0v) is 32.7. The van der Waals surface area contributed by atoms with Crippen molar-refractivity contribution in [3.63, 3.8) is 0 Å². The normalized spacial score (nSPS) is 21.2. The fourth-order valence-corrected chi connectivity index (χ4v) is 6.79. The lowest BCUT2D eigenvalue weighted by molar-refractivity contribution is -0.330. The predicted molar refractivity (Wildman–Crippen MR) is 214 cm³/mol. The Kier molecular flexibility index (Phi) is 18.5. The second-order valence-electron chi connectivity index (χ2n) is 14.4. The van der Waals surface area contributed by atoms with E-state index in [4.69, 9.17) is 28.4 Å². The number of carbonyl (C=O) groups is 1. The predicted octanol–water partition coefficient (Wildman–Crippen LogP) is 6.90. The highest BCUT2D eigenvalue weighted by atomic mass is 16.7. The standard InChI is InChI=1S/C46H59NO9/c1-3-4-5-18-27-40(49)42(50)39(47-34(2)48)32-55-46-45(54-31-38-25-16-9-17-26-38)44(53-30-37-23-14-8-15-24-37)43(52-29-36-21-12-7-13-22-36)41(56-46)33-51-28-35-19-10-6-11-20-35/h6-17,19-26,39-46,49-50H,3-5,18,27-33H2,1-2H3,(H,47,48)/t39-,40+,41?,42-,43?,44?,45?,46?/m0/s1. The number of hydrogen-bond acceptors (Lipinski definition) is 9. The molecule has 4 aromatic carbocycles. The van der Waals surface area contributed by atoms with Crippen LogP contribution in [-0.2, 0) is 59.6 Å². The summed E-state index contributed by atoms with van der Waals surface area (Å²) in [6.45, 7) is 4.62. The second kappa shape index (κ2) is 23.9. The van der Waals surface area contributed by atoms with Crippen molar-refractivity contribution in [2.75, 3.05) is 13.2 Å². The first-order chi connectivity index (χ1) is 27.4. The van der Waals surface area contributed by atoms with Crippen LogP contribution in [0.5, 0.6) is 0 Å². The van der Waals surface area contributed by atoms with E-state index in [0.29, 0.717) is 19.6 Å². The largest absolute Gasteiger partial charge is 0.390 e. The van der Waals surface area contributed by atoms with Crippen molar-refractivity contribution in [2.45, 2.75) is 121 Å². The van der Waals surface area contributed by atoms with Gasteiger partial charge in [-0.3, -0.25) is 4.79 Å². The van der Waals surface area contributed by atoms with Crippen molar-refractivity contribution in [1.82, 2.24) is 5.32 Å². The molecule has 1 aliphatic heterocycles. The van der Waals surface area contributed by atoms with Gasteiger partial charge in [-0.2, -0.15) is 0 Å². The molecular weight excluding hydrogens is 711 g/mol. The summed E-state index contributed by atoms with van der Waals surface area (Å²) in [6, 6.07) is 38.6. The van der Waals surface area contributed by atoms with Gasteiger partial charge in [0.2, 0.25) is 5.91 Å². The zero-order chi connectivity index (χ0) is 39.4. The van der Waals surface area contributed by atoms with Crippen molar-refractivity contribution in [3.05, 3.63) is 144 Å². The maximum absolute atomic E-state index is 12.4. The van der Waals surface area contributed by atoms with E-state index < -0.39 is 49.0 Å². The maximum Gasteiger partial charge on any atom is 0.217 e. The molecule has 1 amide bonds. The molecule has 10 heteroatoms. The summed E-state index contributed by atoms with van der Waals surface area (Å²) >= 11 is 0. The molecule has 56 heavy (non-hydrogen) atoms. The molecule has 5 unspecified atom stereocenters. The van der Waals surface area contributed by atoms with Crippen LogP contribution in [0.3, 0.4) is 0 Å². The van der Waals surface area contributed by atoms with E-state index in [9.17, 15) is 15.0 Å². The monoisotopic (exact) mass is 769 g/mol. The molecule has 4 aromatic rings. The molecule has 10 nitrogen and oxygen atoms in total. The van der Waals surface area contributed by atoms with Gasteiger partial charge in [0, 0.05) is 6.92 Å². The summed E-state index contributed by atoms with van der Waals surface area (Å²) in [4.78, 5) is 12.4. The third-order valence-corrected chi connectivity index (χ3v) is 9.83. The molecule has 0 spiro atoms. The average Bonchev–Trinajstić information content (AvgIpc) is 3.23. The lowest BCUT2D eigenvalue weighted by Crippen LogP contribution is -2.62. The summed E-state index contributed by atoms with van der Waals surface area (Å²) in [7, 11) is 0. The van der Waals surface area contributed by atoms with Gasteiger partial charge in [-0.15, -0.1) is 0 Å². The number of hydrogen-bond donors (Lipinski definition) is 3. The first-order valence-electron chi connectivity index (χ1n) is 19.9. The van der Waals surface area contributed by atoms with Crippen LogP contribution in [0.15, 0.2) is 121 Å². The van der Waals surface area contributed by atoms with E-state index in [2.05, 4.69) is 12.2 Å². The fraction of sp³-hybridized carbons (Fsp3) is 0.457. The lowest BCUT2D eigenvalue weighted by Gasteiger charge is -2.46. The number of ether oxygens (including phenoxy) is 6. The molecule has 0 radical (unpaired) electrons. The molecule has 0 aliphatic carbocycles. The Balaban J connectivity index is 1.44. The van der Waals surface area contributed by atoms with E-state index in [-0.39, 0.29) is 32.3 Å². The SMILES string of the molecule is CCCCCC[C@@H](O)[C@@H](O)[C@H](COC1OC(COCc2ccccc2)C(OCc2ccccc2)C(OCc2ccccc2)C1OCc1ccccc1)NC(C)=O. The molecule has 1 saturated heterocycles. The summed E-state index contributed by atoms with van der Waals surface area (Å²) in [5, 5.41) is 25.1. The van der Waals surface area contributed by atoms with Crippen LogP contribution in [0.25, 0.3) is 0 Å². The van der Waals surface area contributed by atoms with Crippen molar-refractivity contribution in [1.29, 1.82) is 0 Å². The number of unbranched alkanes of at least 4 members (excludes halogenated alkanes) is 3. The Morgan fingerprint density at radius 1 is 0.643 bits per heavy atom. The van der Waals surface area contributed by atoms with Gasteiger partial charge in [-0.25, -0.2) is 0 Å². The lowest BCUT2D eigenvalue weighted by atomic mass is 9.97. The first kappa shape index (κ1) is 43.2. The van der Waals surface area contributed by atoms with Gasteiger partial charge in [0.05, 0.1) is 51.8 Å². The summed E-state index contributed by atoms with van der Waals surface area (Å²) < 4.78 is 39.8. The minimum absolute atomic E-state index is 0.152. The molecule has 302 valence electrons. The summed E-state index contributed by atoms with van der Waals surface area (Å²) in [6.07, 6.45) is -2.00. The van der Waals surface area contributed by atoms with E-state index in [1.54, 1.807) is 0 Å². The van der Waals surface area contributed by atoms with Gasteiger partial charge in [0.25, 0.3) is 0 Å². The zero-order valence-electron chi connectivity index (χ0n) is 32.7. The number of carbonyl (C=O) groups excluding carboxylic acids is 1. The third-order valence-electron chi connectivity index (χ3n) is 9.83. The van der Waals surface area contributed by atoms with Gasteiger partial charge in [0.1, 0.15) is 30.5 Å².